The molecule has 0 aliphatic carbocycles. The van der Waals surface area contributed by atoms with Crippen molar-refractivity contribution < 1.29 is 27.5 Å². The molecule has 1 heterocycles. The zero-order valence-electron chi connectivity index (χ0n) is 15.8. The molecule has 2 N–H and O–H groups in total. The quantitative estimate of drug-likeness (QED) is 0.376. The topological polar surface area (TPSA) is 67.1 Å². The van der Waals surface area contributed by atoms with Gasteiger partial charge in [0.05, 0.1) is 34.3 Å². The number of anilines is 1. The van der Waals surface area contributed by atoms with E-state index in [2.05, 4.69) is 10.3 Å². The van der Waals surface area contributed by atoms with Crippen LogP contribution < -0.4 is 5.32 Å². The number of benzene rings is 2. The van der Waals surface area contributed by atoms with Gasteiger partial charge < -0.3 is 15.0 Å². The molecule has 3 aromatic rings. The fraction of sp³-hybridized carbons (Fsp3) is 0.200. The lowest BCUT2D eigenvalue weighted by Crippen LogP contribution is -2.16. The van der Waals surface area contributed by atoms with Gasteiger partial charge in [0.1, 0.15) is 5.82 Å². The Balaban J connectivity index is 1.69. The van der Waals surface area contributed by atoms with Crippen LogP contribution in [0.2, 0.25) is 5.02 Å². The standard InChI is InChI=1S/C20H16ClF4N3O2S/c21-16-6-3-13(20(23,24)25)7-17(16)27-18(30)11-31-19-26-15(10-29)9-28(19)8-12-1-4-14(22)5-2-12/h1-7,9,29H,8,10-11H2,(H,27,30). The van der Waals surface area contributed by atoms with Gasteiger partial charge >= 0.3 is 6.18 Å². The molecule has 31 heavy (non-hydrogen) atoms. The van der Waals surface area contributed by atoms with E-state index >= 15 is 0 Å². The highest BCUT2D eigenvalue weighted by Crippen LogP contribution is 2.34. The van der Waals surface area contributed by atoms with E-state index in [1.54, 1.807) is 22.9 Å². The summed E-state index contributed by atoms with van der Waals surface area (Å²) < 4.78 is 53.4. The molecule has 1 aromatic heterocycles. The minimum absolute atomic E-state index is 0.0215. The van der Waals surface area contributed by atoms with Gasteiger partial charge in [-0.2, -0.15) is 13.2 Å². The molecule has 0 fully saturated rings. The third-order valence-electron chi connectivity index (χ3n) is 4.12. The minimum Gasteiger partial charge on any atom is -0.390 e. The average Bonchev–Trinajstić information content (AvgIpc) is 3.11. The van der Waals surface area contributed by atoms with Crippen LogP contribution in [0, 0.1) is 5.82 Å². The number of alkyl halides is 3. The first-order chi connectivity index (χ1) is 14.7. The number of nitrogens with zero attached hydrogens (tertiary/aromatic N) is 2. The van der Waals surface area contributed by atoms with Crippen molar-refractivity contribution in [1.82, 2.24) is 9.55 Å². The van der Waals surface area contributed by atoms with Crippen LogP contribution in [0.1, 0.15) is 16.8 Å². The monoisotopic (exact) mass is 473 g/mol. The summed E-state index contributed by atoms with van der Waals surface area (Å²) in [7, 11) is 0. The SMILES string of the molecule is O=C(CSc1nc(CO)cn1Cc1ccc(F)cc1)Nc1cc(C(F)(F)F)ccc1Cl. The minimum atomic E-state index is -4.56. The van der Waals surface area contributed by atoms with Crippen molar-refractivity contribution >= 4 is 35.0 Å². The summed E-state index contributed by atoms with van der Waals surface area (Å²) in [5, 5.41) is 12.1. The number of nitrogens with one attached hydrogen (secondary N) is 1. The third kappa shape index (κ3) is 6.22. The Morgan fingerprint density at radius 2 is 1.90 bits per heavy atom. The van der Waals surface area contributed by atoms with Crippen LogP contribution in [0.3, 0.4) is 0 Å². The highest BCUT2D eigenvalue weighted by atomic mass is 35.5. The highest BCUT2D eigenvalue weighted by Gasteiger charge is 2.31. The van der Waals surface area contributed by atoms with Crippen molar-refractivity contribution in [3.8, 4) is 0 Å². The Morgan fingerprint density at radius 1 is 1.19 bits per heavy atom. The fourth-order valence-corrected chi connectivity index (χ4v) is 3.62. The predicted molar refractivity (Wildman–Crippen MR) is 109 cm³/mol. The molecule has 0 bridgehead atoms. The molecule has 3 rings (SSSR count). The van der Waals surface area contributed by atoms with Gasteiger partial charge in [-0.3, -0.25) is 4.79 Å². The summed E-state index contributed by atoms with van der Waals surface area (Å²) in [5.74, 6) is -1.10. The lowest BCUT2D eigenvalue weighted by molar-refractivity contribution is -0.137. The van der Waals surface area contributed by atoms with Gasteiger partial charge in [0.25, 0.3) is 0 Å². The van der Waals surface area contributed by atoms with Crippen LogP contribution in [-0.4, -0.2) is 26.3 Å². The van der Waals surface area contributed by atoms with E-state index in [4.69, 9.17) is 11.6 Å². The fourth-order valence-electron chi connectivity index (χ4n) is 2.66. The lowest BCUT2D eigenvalue weighted by Gasteiger charge is -2.12. The van der Waals surface area contributed by atoms with Crippen molar-refractivity contribution in [2.24, 2.45) is 0 Å². The Kier molecular flexibility index (Phi) is 7.24. The second-order valence-corrected chi connectivity index (χ2v) is 7.81. The highest BCUT2D eigenvalue weighted by molar-refractivity contribution is 7.99. The number of hydrogen-bond donors (Lipinski definition) is 2. The maximum absolute atomic E-state index is 13.1. The van der Waals surface area contributed by atoms with Gasteiger partial charge in [-0.05, 0) is 35.9 Å². The molecule has 0 spiro atoms. The molecular formula is C20H16ClF4N3O2S. The van der Waals surface area contributed by atoms with Crippen LogP contribution >= 0.6 is 23.4 Å². The summed E-state index contributed by atoms with van der Waals surface area (Å²) in [6, 6.07) is 8.50. The molecule has 11 heteroatoms. The summed E-state index contributed by atoms with van der Waals surface area (Å²) in [5.41, 5.74) is 0.0892. The van der Waals surface area contributed by atoms with E-state index in [1.807, 2.05) is 0 Å². The molecule has 0 atom stereocenters. The van der Waals surface area contributed by atoms with Crippen LogP contribution in [0.15, 0.2) is 53.8 Å². The first-order valence-corrected chi connectivity index (χ1v) is 10.2. The number of amides is 1. The molecule has 0 saturated heterocycles. The second-order valence-electron chi connectivity index (χ2n) is 6.46. The number of hydrogen-bond acceptors (Lipinski definition) is 4. The van der Waals surface area contributed by atoms with Gasteiger partial charge in [0.2, 0.25) is 5.91 Å². The summed E-state index contributed by atoms with van der Waals surface area (Å²) in [6.07, 6.45) is -2.96. The predicted octanol–water partition coefficient (Wildman–Crippen LogP) is 4.97. The summed E-state index contributed by atoms with van der Waals surface area (Å²) >= 11 is 6.93. The van der Waals surface area contributed by atoms with E-state index in [9.17, 15) is 27.5 Å². The van der Waals surface area contributed by atoms with Crippen LogP contribution in [0.4, 0.5) is 23.2 Å². The number of halogens is 5. The van der Waals surface area contributed by atoms with Gasteiger partial charge in [-0.1, -0.05) is 35.5 Å². The van der Waals surface area contributed by atoms with Crippen LogP contribution in [-0.2, 0) is 24.1 Å². The van der Waals surface area contributed by atoms with Crippen LogP contribution in [0.25, 0.3) is 0 Å². The summed E-state index contributed by atoms with van der Waals surface area (Å²) in [6.45, 7) is 0.0205. The number of carbonyl (C=O) groups is 1. The van der Waals surface area contributed by atoms with Crippen LogP contribution in [0.5, 0.6) is 0 Å². The Morgan fingerprint density at radius 3 is 2.55 bits per heavy atom. The van der Waals surface area contributed by atoms with Gasteiger partial charge in [-0.15, -0.1) is 0 Å². The van der Waals surface area contributed by atoms with Gasteiger partial charge in [0.15, 0.2) is 5.16 Å². The summed E-state index contributed by atoms with van der Waals surface area (Å²) in [4.78, 5) is 16.5. The maximum Gasteiger partial charge on any atom is 0.416 e. The number of carbonyl (C=O) groups excluding carboxylic acids is 1. The largest absolute Gasteiger partial charge is 0.416 e. The van der Waals surface area contributed by atoms with Gasteiger partial charge in [-0.25, -0.2) is 9.37 Å². The van der Waals surface area contributed by atoms with Crippen molar-refractivity contribution in [2.45, 2.75) is 24.5 Å². The first-order valence-electron chi connectivity index (χ1n) is 8.86. The van der Waals surface area contributed by atoms with Crippen molar-refractivity contribution in [3.63, 3.8) is 0 Å². The molecule has 2 aromatic carbocycles. The maximum atomic E-state index is 13.1. The first kappa shape index (κ1) is 23.1. The van der Waals surface area contributed by atoms with Crippen molar-refractivity contribution in [1.29, 1.82) is 0 Å². The van der Waals surface area contributed by atoms with E-state index in [0.29, 0.717) is 17.4 Å². The number of imidazole rings is 1. The molecule has 1 amide bonds. The Hall–Kier alpha value is -2.56. The third-order valence-corrected chi connectivity index (χ3v) is 5.44. The number of aliphatic hydroxyl groups excluding tert-OH is 1. The molecule has 164 valence electrons. The van der Waals surface area contributed by atoms with E-state index in [-0.39, 0.29) is 28.9 Å². The molecule has 0 aliphatic rings. The Bertz CT molecular complexity index is 1070. The lowest BCUT2D eigenvalue weighted by atomic mass is 10.2. The molecule has 0 saturated carbocycles. The average molecular weight is 474 g/mol. The van der Waals surface area contributed by atoms with E-state index < -0.39 is 17.6 Å². The number of rotatable bonds is 7. The number of aromatic nitrogens is 2. The number of thioether (sulfide) groups is 1. The molecule has 5 nitrogen and oxygen atoms in total. The number of aliphatic hydroxyl groups is 1. The van der Waals surface area contributed by atoms with E-state index in [0.717, 1.165) is 35.5 Å². The zero-order chi connectivity index (χ0) is 22.6. The molecule has 0 aliphatic heterocycles. The zero-order valence-corrected chi connectivity index (χ0v) is 17.4. The van der Waals surface area contributed by atoms with E-state index in [1.165, 1.54) is 12.1 Å². The normalized spacial score (nSPS) is 11.5. The molecule has 0 unspecified atom stereocenters. The Labute approximate surface area is 184 Å². The molecular weight excluding hydrogens is 458 g/mol. The van der Waals surface area contributed by atoms with Crippen molar-refractivity contribution in [2.75, 3.05) is 11.1 Å². The smallest absolute Gasteiger partial charge is 0.390 e. The second kappa shape index (κ2) is 9.71. The molecule has 0 radical (unpaired) electrons. The van der Waals surface area contributed by atoms with Crippen molar-refractivity contribution in [3.05, 3.63) is 76.3 Å². The van der Waals surface area contributed by atoms with Gasteiger partial charge in [0, 0.05) is 12.7 Å².